The van der Waals surface area contributed by atoms with Crippen LogP contribution in [0.5, 0.6) is 5.75 Å². The van der Waals surface area contributed by atoms with Gasteiger partial charge in [-0.1, -0.05) is 0 Å². The van der Waals surface area contributed by atoms with E-state index < -0.39 is 17.7 Å². The van der Waals surface area contributed by atoms with Gasteiger partial charge in [-0.05, 0) is 31.4 Å². The van der Waals surface area contributed by atoms with Crippen LogP contribution in [0.3, 0.4) is 0 Å². The van der Waals surface area contributed by atoms with Crippen molar-refractivity contribution in [2.75, 3.05) is 19.7 Å². The molecule has 1 fully saturated rings. The molecule has 1 aliphatic heterocycles. The predicted octanol–water partition coefficient (Wildman–Crippen LogP) is 1.39. The van der Waals surface area contributed by atoms with Gasteiger partial charge in [0.25, 0.3) is 5.91 Å². The number of carbonyl (C=O) groups excluding carboxylic acids is 2. The molecule has 0 saturated carbocycles. The number of urea groups is 1. The highest BCUT2D eigenvalue weighted by Crippen LogP contribution is 2.19. The van der Waals surface area contributed by atoms with Crippen molar-refractivity contribution in [3.63, 3.8) is 0 Å². The summed E-state index contributed by atoms with van der Waals surface area (Å²) < 4.78 is 31.4. The van der Waals surface area contributed by atoms with Crippen LogP contribution in [-0.4, -0.2) is 42.6 Å². The zero-order valence-electron chi connectivity index (χ0n) is 12.6. The van der Waals surface area contributed by atoms with Crippen molar-refractivity contribution in [1.29, 1.82) is 0 Å². The highest BCUT2D eigenvalue weighted by atomic mass is 19.1. The fraction of sp³-hybridized carbons (Fsp3) is 0.467. The van der Waals surface area contributed by atoms with Crippen molar-refractivity contribution in [2.24, 2.45) is 5.73 Å². The summed E-state index contributed by atoms with van der Waals surface area (Å²) in [6, 6.07) is 2.09. The van der Waals surface area contributed by atoms with E-state index in [2.05, 4.69) is 5.32 Å². The molecule has 0 bridgehead atoms. The molecule has 1 aliphatic rings. The first-order chi connectivity index (χ1) is 11.0. The lowest BCUT2D eigenvalue weighted by atomic mass is 10.0. The molecule has 1 saturated heterocycles. The number of amides is 3. The number of hydrogen-bond donors (Lipinski definition) is 2. The summed E-state index contributed by atoms with van der Waals surface area (Å²) in [6.07, 6.45) is 2.54. The van der Waals surface area contributed by atoms with Gasteiger partial charge < -0.3 is 20.7 Å². The van der Waals surface area contributed by atoms with Crippen molar-refractivity contribution in [2.45, 2.75) is 25.3 Å². The second-order valence-electron chi connectivity index (χ2n) is 5.35. The van der Waals surface area contributed by atoms with Gasteiger partial charge in [0.05, 0.1) is 0 Å². The summed E-state index contributed by atoms with van der Waals surface area (Å²) in [6.45, 7) is 0.459. The van der Waals surface area contributed by atoms with Crippen LogP contribution in [0, 0.1) is 11.6 Å². The van der Waals surface area contributed by atoms with Crippen LogP contribution in [-0.2, 0) is 4.79 Å². The number of carbonyl (C=O) groups is 2. The average Bonchev–Trinajstić information content (AvgIpc) is 2.52. The summed E-state index contributed by atoms with van der Waals surface area (Å²) in [5, 5.41) is 2.49. The van der Waals surface area contributed by atoms with Gasteiger partial charge in [-0.3, -0.25) is 4.79 Å². The minimum absolute atomic E-state index is 0.162. The smallest absolute Gasteiger partial charge is 0.312 e. The number of benzene rings is 1. The van der Waals surface area contributed by atoms with Crippen LogP contribution in [0.15, 0.2) is 18.2 Å². The van der Waals surface area contributed by atoms with Gasteiger partial charge in [0, 0.05) is 25.2 Å². The van der Waals surface area contributed by atoms with E-state index in [9.17, 15) is 18.4 Å². The SMILES string of the molecule is NC(=O)NCC1CCCCN1C(=O)COc1ccc(F)cc1F. The number of nitrogens with zero attached hydrogens (tertiary/aromatic N) is 1. The summed E-state index contributed by atoms with van der Waals surface area (Å²) in [5.41, 5.74) is 5.04. The topological polar surface area (TPSA) is 84.7 Å². The number of hydrogen-bond acceptors (Lipinski definition) is 3. The Morgan fingerprint density at radius 3 is 2.83 bits per heavy atom. The van der Waals surface area contributed by atoms with E-state index in [1.165, 1.54) is 0 Å². The number of likely N-dealkylation sites (tertiary alicyclic amines) is 1. The molecular formula is C15H19F2N3O3. The van der Waals surface area contributed by atoms with Gasteiger partial charge in [0.2, 0.25) is 0 Å². The second-order valence-corrected chi connectivity index (χ2v) is 5.35. The molecule has 23 heavy (non-hydrogen) atoms. The molecule has 1 aromatic carbocycles. The summed E-state index contributed by atoms with van der Waals surface area (Å²) in [7, 11) is 0. The molecule has 6 nitrogen and oxygen atoms in total. The van der Waals surface area contributed by atoms with Crippen molar-refractivity contribution in [3.05, 3.63) is 29.8 Å². The number of halogens is 2. The maximum absolute atomic E-state index is 13.5. The monoisotopic (exact) mass is 327 g/mol. The van der Waals surface area contributed by atoms with Crippen LogP contribution in [0.2, 0.25) is 0 Å². The van der Waals surface area contributed by atoms with E-state index in [1.807, 2.05) is 0 Å². The Morgan fingerprint density at radius 2 is 2.13 bits per heavy atom. The molecule has 1 unspecified atom stereocenters. The van der Waals surface area contributed by atoms with E-state index in [1.54, 1.807) is 4.90 Å². The molecule has 8 heteroatoms. The molecule has 2 rings (SSSR count). The molecule has 3 amide bonds. The fourth-order valence-electron chi connectivity index (χ4n) is 2.57. The minimum Gasteiger partial charge on any atom is -0.481 e. The van der Waals surface area contributed by atoms with Gasteiger partial charge >= 0.3 is 6.03 Å². The third-order valence-electron chi connectivity index (χ3n) is 3.70. The molecule has 126 valence electrons. The Hall–Kier alpha value is -2.38. The lowest BCUT2D eigenvalue weighted by Gasteiger charge is -2.35. The molecule has 1 atom stereocenters. The summed E-state index contributed by atoms with van der Waals surface area (Å²) >= 11 is 0. The van der Waals surface area contributed by atoms with E-state index in [0.29, 0.717) is 12.6 Å². The van der Waals surface area contributed by atoms with E-state index >= 15 is 0 Å². The molecule has 0 aromatic heterocycles. The zero-order chi connectivity index (χ0) is 16.8. The van der Waals surface area contributed by atoms with E-state index in [0.717, 1.165) is 31.4 Å². The second kappa shape index (κ2) is 7.75. The highest BCUT2D eigenvalue weighted by molar-refractivity contribution is 5.78. The third-order valence-corrected chi connectivity index (χ3v) is 3.70. The number of primary amides is 1. The maximum atomic E-state index is 13.5. The average molecular weight is 327 g/mol. The van der Waals surface area contributed by atoms with Crippen molar-refractivity contribution < 1.29 is 23.1 Å². The summed E-state index contributed by atoms with van der Waals surface area (Å²) in [4.78, 5) is 24.7. The largest absolute Gasteiger partial charge is 0.481 e. The summed E-state index contributed by atoms with van der Waals surface area (Å²) in [5.74, 6) is -2.06. The van der Waals surface area contributed by atoms with Gasteiger partial charge in [-0.2, -0.15) is 0 Å². The molecule has 0 spiro atoms. The molecule has 0 aliphatic carbocycles. The molecule has 1 aromatic rings. The molecule has 3 N–H and O–H groups in total. The zero-order valence-corrected chi connectivity index (χ0v) is 12.6. The number of rotatable bonds is 5. The Bertz CT molecular complexity index is 583. The number of nitrogens with two attached hydrogens (primary N) is 1. The van der Waals surface area contributed by atoms with Gasteiger partial charge in [0.15, 0.2) is 18.2 Å². The molecule has 1 heterocycles. The standard InChI is InChI=1S/C15H19F2N3O3/c16-10-4-5-13(12(17)7-10)23-9-14(21)20-6-2-1-3-11(20)8-19-15(18)22/h4-5,7,11H,1-3,6,8-9H2,(H3,18,19,22). The lowest BCUT2D eigenvalue weighted by molar-refractivity contribution is -0.137. The minimum atomic E-state index is -0.858. The van der Waals surface area contributed by atoms with Crippen LogP contribution < -0.4 is 15.8 Å². The maximum Gasteiger partial charge on any atom is 0.312 e. The quantitative estimate of drug-likeness (QED) is 0.857. The molecular weight excluding hydrogens is 308 g/mol. The first-order valence-electron chi connectivity index (χ1n) is 7.38. The Balaban J connectivity index is 1.93. The third kappa shape index (κ3) is 4.80. The van der Waals surface area contributed by atoms with Crippen LogP contribution in [0.25, 0.3) is 0 Å². The number of piperidine rings is 1. The van der Waals surface area contributed by atoms with Crippen LogP contribution >= 0.6 is 0 Å². The van der Waals surface area contributed by atoms with E-state index in [-0.39, 0.29) is 30.9 Å². The van der Waals surface area contributed by atoms with Crippen molar-refractivity contribution in [3.8, 4) is 5.75 Å². The fourth-order valence-corrected chi connectivity index (χ4v) is 2.57. The Kier molecular flexibility index (Phi) is 5.72. The van der Waals surface area contributed by atoms with Crippen molar-refractivity contribution in [1.82, 2.24) is 10.2 Å². The number of ether oxygens (including phenoxy) is 1. The number of nitrogens with one attached hydrogen (secondary N) is 1. The van der Waals surface area contributed by atoms with Crippen LogP contribution in [0.1, 0.15) is 19.3 Å². The van der Waals surface area contributed by atoms with Crippen LogP contribution in [0.4, 0.5) is 13.6 Å². The first-order valence-corrected chi connectivity index (χ1v) is 7.38. The lowest BCUT2D eigenvalue weighted by Crippen LogP contribution is -2.51. The van der Waals surface area contributed by atoms with Gasteiger partial charge in [-0.25, -0.2) is 13.6 Å². The Labute approximate surface area is 132 Å². The first kappa shape index (κ1) is 17.0. The highest BCUT2D eigenvalue weighted by Gasteiger charge is 2.27. The van der Waals surface area contributed by atoms with E-state index in [4.69, 9.17) is 10.5 Å². The molecule has 0 radical (unpaired) electrons. The van der Waals surface area contributed by atoms with Gasteiger partial charge in [-0.15, -0.1) is 0 Å². The predicted molar refractivity (Wildman–Crippen MR) is 78.8 cm³/mol. The Morgan fingerprint density at radius 1 is 1.35 bits per heavy atom. The van der Waals surface area contributed by atoms with Crippen molar-refractivity contribution >= 4 is 11.9 Å². The van der Waals surface area contributed by atoms with Gasteiger partial charge in [0.1, 0.15) is 5.82 Å². The normalized spacial score (nSPS) is 17.7.